The summed E-state index contributed by atoms with van der Waals surface area (Å²) in [6.45, 7) is 1.99. The Bertz CT molecular complexity index is 510. The van der Waals surface area contributed by atoms with E-state index in [2.05, 4.69) is 0 Å². The largest absolute Gasteiger partial charge is 0.423 e. The Balaban J connectivity index is 1.95. The molecular weight excluding hydrogens is 232 g/mol. The zero-order chi connectivity index (χ0) is 12.1. The molecule has 0 fully saturated rings. The summed E-state index contributed by atoms with van der Waals surface area (Å²) in [5, 5.41) is 1.96. The lowest BCUT2D eigenvalue weighted by Crippen LogP contribution is -2.03. The molecule has 0 atom stereocenters. The second-order valence-electron chi connectivity index (χ2n) is 3.58. The van der Waals surface area contributed by atoms with Gasteiger partial charge in [0.15, 0.2) is 0 Å². The second kappa shape index (κ2) is 5.46. The van der Waals surface area contributed by atoms with Crippen LogP contribution in [0.1, 0.15) is 10.4 Å². The molecule has 1 aromatic heterocycles. The molecule has 0 bridgehead atoms. The van der Waals surface area contributed by atoms with E-state index in [1.54, 1.807) is 29.5 Å². The highest BCUT2D eigenvalue weighted by Gasteiger charge is 1.99. The first kappa shape index (κ1) is 11.6. The van der Waals surface area contributed by atoms with Crippen molar-refractivity contribution in [2.24, 2.45) is 0 Å². The van der Waals surface area contributed by atoms with Crippen molar-refractivity contribution >= 4 is 23.4 Å². The average molecular weight is 244 g/mol. The van der Waals surface area contributed by atoms with Gasteiger partial charge in [-0.05, 0) is 36.6 Å². The van der Waals surface area contributed by atoms with E-state index in [1.165, 1.54) is 6.08 Å². The minimum absolute atomic E-state index is 0.359. The van der Waals surface area contributed by atoms with Crippen molar-refractivity contribution in [2.45, 2.75) is 6.92 Å². The standard InChI is InChI=1S/C14H12O2S/c1-11-4-6-12(7-5-11)16-14(15)9-8-13-3-2-10-17-13/h2-10H,1H3/b9-8+. The lowest BCUT2D eigenvalue weighted by molar-refractivity contribution is -0.128. The van der Waals surface area contributed by atoms with Crippen molar-refractivity contribution < 1.29 is 9.53 Å². The molecule has 0 aliphatic heterocycles. The van der Waals surface area contributed by atoms with Gasteiger partial charge in [-0.25, -0.2) is 4.79 Å². The smallest absolute Gasteiger partial charge is 0.336 e. The summed E-state index contributed by atoms with van der Waals surface area (Å²) in [5.74, 6) is 0.207. The molecule has 3 heteroatoms. The zero-order valence-electron chi connectivity index (χ0n) is 9.42. The van der Waals surface area contributed by atoms with Crippen LogP contribution in [-0.4, -0.2) is 5.97 Å². The highest BCUT2D eigenvalue weighted by molar-refractivity contribution is 7.10. The molecule has 0 spiro atoms. The molecule has 0 unspecified atom stereocenters. The number of carbonyl (C=O) groups is 1. The summed E-state index contributed by atoms with van der Waals surface area (Å²) in [6.07, 6.45) is 3.19. The van der Waals surface area contributed by atoms with E-state index < -0.39 is 0 Å². The van der Waals surface area contributed by atoms with Gasteiger partial charge in [0.25, 0.3) is 0 Å². The van der Waals surface area contributed by atoms with Crippen LogP contribution < -0.4 is 4.74 Å². The molecule has 0 radical (unpaired) electrons. The van der Waals surface area contributed by atoms with Crippen LogP contribution in [0.15, 0.2) is 47.9 Å². The van der Waals surface area contributed by atoms with Gasteiger partial charge < -0.3 is 4.74 Å². The number of benzene rings is 1. The molecule has 0 aliphatic carbocycles. The van der Waals surface area contributed by atoms with E-state index in [0.717, 1.165) is 10.4 Å². The first-order valence-electron chi connectivity index (χ1n) is 5.24. The fourth-order valence-corrected chi connectivity index (χ4v) is 1.91. The van der Waals surface area contributed by atoms with Crippen LogP contribution in [0.5, 0.6) is 5.75 Å². The van der Waals surface area contributed by atoms with Crippen molar-refractivity contribution in [3.8, 4) is 5.75 Å². The normalized spacial score (nSPS) is 10.6. The van der Waals surface area contributed by atoms with Gasteiger partial charge in [-0.15, -0.1) is 11.3 Å². The van der Waals surface area contributed by atoms with Gasteiger partial charge in [0.05, 0.1) is 0 Å². The van der Waals surface area contributed by atoms with Gasteiger partial charge >= 0.3 is 5.97 Å². The van der Waals surface area contributed by atoms with Crippen molar-refractivity contribution in [2.75, 3.05) is 0 Å². The molecule has 0 amide bonds. The molecule has 0 saturated carbocycles. The van der Waals surface area contributed by atoms with E-state index in [4.69, 9.17) is 4.74 Å². The minimum atomic E-state index is -0.359. The summed E-state index contributed by atoms with van der Waals surface area (Å²) < 4.78 is 5.15. The molecule has 0 saturated heterocycles. The summed E-state index contributed by atoms with van der Waals surface area (Å²) in [5.41, 5.74) is 1.14. The van der Waals surface area contributed by atoms with Crippen LogP contribution in [0.2, 0.25) is 0 Å². The molecule has 86 valence electrons. The number of thiophene rings is 1. The molecular formula is C14H12O2S. The number of aryl methyl sites for hydroxylation is 1. The number of hydrogen-bond acceptors (Lipinski definition) is 3. The van der Waals surface area contributed by atoms with Gasteiger partial charge in [-0.2, -0.15) is 0 Å². The van der Waals surface area contributed by atoms with Crippen LogP contribution in [0.4, 0.5) is 0 Å². The van der Waals surface area contributed by atoms with Crippen molar-refractivity contribution in [1.82, 2.24) is 0 Å². The van der Waals surface area contributed by atoms with E-state index in [0.29, 0.717) is 5.75 Å². The number of rotatable bonds is 3. The molecule has 0 N–H and O–H groups in total. The Labute approximate surface area is 104 Å². The highest BCUT2D eigenvalue weighted by Crippen LogP contribution is 2.13. The number of carbonyl (C=O) groups excluding carboxylic acids is 1. The van der Waals surface area contributed by atoms with Crippen LogP contribution in [0.25, 0.3) is 6.08 Å². The minimum Gasteiger partial charge on any atom is -0.423 e. The Morgan fingerprint density at radius 2 is 2.00 bits per heavy atom. The maximum absolute atomic E-state index is 11.5. The van der Waals surface area contributed by atoms with Crippen LogP contribution in [0, 0.1) is 6.92 Å². The highest BCUT2D eigenvalue weighted by atomic mass is 32.1. The maximum atomic E-state index is 11.5. The number of esters is 1. The van der Waals surface area contributed by atoms with Gasteiger partial charge in [-0.1, -0.05) is 23.8 Å². The lowest BCUT2D eigenvalue weighted by Gasteiger charge is -2.00. The average Bonchev–Trinajstić information content (AvgIpc) is 2.83. The van der Waals surface area contributed by atoms with Crippen LogP contribution in [0.3, 0.4) is 0 Å². The van der Waals surface area contributed by atoms with E-state index >= 15 is 0 Å². The summed E-state index contributed by atoms with van der Waals surface area (Å²) in [6, 6.07) is 11.3. The van der Waals surface area contributed by atoms with E-state index in [9.17, 15) is 4.79 Å². The lowest BCUT2D eigenvalue weighted by atomic mass is 10.2. The fourth-order valence-electron chi connectivity index (χ4n) is 1.29. The molecule has 2 nitrogen and oxygen atoms in total. The number of hydrogen-bond donors (Lipinski definition) is 0. The van der Waals surface area contributed by atoms with Crippen molar-refractivity contribution in [3.63, 3.8) is 0 Å². The summed E-state index contributed by atoms with van der Waals surface area (Å²) in [4.78, 5) is 12.5. The Morgan fingerprint density at radius 1 is 1.24 bits per heavy atom. The van der Waals surface area contributed by atoms with Gasteiger partial charge in [0.1, 0.15) is 5.75 Å². The topological polar surface area (TPSA) is 26.3 Å². The predicted octanol–water partition coefficient (Wildman–Crippen LogP) is 3.68. The third kappa shape index (κ3) is 3.57. The molecule has 2 rings (SSSR count). The molecule has 1 aromatic carbocycles. The molecule has 2 aromatic rings. The fraction of sp³-hybridized carbons (Fsp3) is 0.0714. The quantitative estimate of drug-likeness (QED) is 0.468. The predicted molar refractivity (Wildman–Crippen MR) is 70.2 cm³/mol. The van der Waals surface area contributed by atoms with Crippen LogP contribution >= 0.6 is 11.3 Å². The van der Waals surface area contributed by atoms with E-state index in [1.807, 2.05) is 36.6 Å². The maximum Gasteiger partial charge on any atom is 0.336 e. The second-order valence-corrected chi connectivity index (χ2v) is 4.56. The SMILES string of the molecule is Cc1ccc(OC(=O)/C=C/c2cccs2)cc1. The monoisotopic (exact) mass is 244 g/mol. The summed E-state index contributed by atoms with van der Waals surface area (Å²) >= 11 is 1.58. The van der Waals surface area contributed by atoms with Crippen molar-refractivity contribution in [3.05, 3.63) is 58.3 Å². The third-order valence-electron chi connectivity index (χ3n) is 2.17. The zero-order valence-corrected chi connectivity index (χ0v) is 10.2. The number of ether oxygens (including phenoxy) is 1. The third-order valence-corrected chi connectivity index (χ3v) is 3.00. The van der Waals surface area contributed by atoms with Gasteiger partial charge in [-0.3, -0.25) is 0 Å². The Kier molecular flexibility index (Phi) is 3.73. The van der Waals surface area contributed by atoms with Crippen molar-refractivity contribution in [1.29, 1.82) is 0 Å². The van der Waals surface area contributed by atoms with Crippen LogP contribution in [-0.2, 0) is 4.79 Å². The van der Waals surface area contributed by atoms with E-state index in [-0.39, 0.29) is 5.97 Å². The first-order chi connectivity index (χ1) is 8.24. The molecule has 17 heavy (non-hydrogen) atoms. The Morgan fingerprint density at radius 3 is 2.65 bits per heavy atom. The van der Waals surface area contributed by atoms with Gasteiger partial charge in [0, 0.05) is 11.0 Å². The molecule has 1 heterocycles. The first-order valence-corrected chi connectivity index (χ1v) is 6.12. The van der Waals surface area contributed by atoms with Gasteiger partial charge in [0.2, 0.25) is 0 Å². The molecule has 0 aliphatic rings. The Hall–Kier alpha value is -1.87. The summed E-state index contributed by atoms with van der Waals surface area (Å²) in [7, 11) is 0.